The monoisotopic (exact) mass is 309 g/mol. The first-order valence-electron chi connectivity index (χ1n) is 7.24. The summed E-state index contributed by atoms with van der Waals surface area (Å²) in [6.07, 6.45) is 3.03. The highest BCUT2D eigenvalue weighted by molar-refractivity contribution is 6.30. The number of halogens is 1. The summed E-state index contributed by atoms with van der Waals surface area (Å²) < 4.78 is 0. The van der Waals surface area contributed by atoms with Crippen molar-refractivity contribution < 1.29 is 14.7 Å². The number of benzene rings is 1. The molecule has 0 aromatic heterocycles. The van der Waals surface area contributed by atoms with Gasteiger partial charge in [-0.15, -0.1) is 0 Å². The molecule has 1 aliphatic carbocycles. The van der Waals surface area contributed by atoms with Crippen molar-refractivity contribution in [3.05, 3.63) is 34.9 Å². The highest BCUT2D eigenvalue weighted by Crippen LogP contribution is 2.28. The van der Waals surface area contributed by atoms with Crippen molar-refractivity contribution in [1.82, 2.24) is 4.90 Å². The molecule has 0 aliphatic heterocycles. The minimum Gasteiger partial charge on any atom is -0.481 e. The summed E-state index contributed by atoms with van der Waals surface area (Å²) in [5, 5.41) is 9.68. The Bertz CT molecular complexity index is 511. The van der Waals surface area contributed by atoms with Gasteiger partial charge in [0.15, 0.2) is 0 Å². The predicted octanol–water partition coefficient (Wildman–Crippen LogP) is 2.98. The first-order valence-corrected chi connectivity index (χ1v) is 7.62. The van der Waals surface area contributed by atoms with Crippen LogP contribution in [0.25, 0.3) is 0 Å². The standard InChI is InChI=1S/C16H20ClNO3/c1-11(16(20)21)10-18(14-7-8-14)15(19)9-4-12-2-5-13(17)6-3-12/h2-3,5-6,11,14H,4,7-10H2,1H3,(H,20,21). The molecule has 114 valence electrons. The lowest BCUT2D eigenvalue weighted by Gasteiger charge is -2.24. The second kappa shape index (κ2) is 6.94. The van der Waals surface area contributed by atoms with Crippen LogP contribution >= 0.6 is 11.6 Å². The highest BCUT2D eigenvalue weighted by Gasteiger charge is 2.34. The Balaban J connectivity index is 1.89. The van der Waals surface area contributed by atoms with E-state index in [0.29, 0.717) is 24.4 Å². The number of aryl methyl sites for hydroxylation is 1. The molecule has 1 aromatic carbocycles. The number of aliphatic carboxylic acids is 1. The third-order valence-corrected chi connectivity index (χ3v) is 3.99. The zero-order valence-corrected chi connectivity index (χ0v) is 12.8. The summed E-state index contributed by atoms with van der Waals surface area (Å²) in [5.41, 5.74) is 1.06. The van der Waals surface area contributed by atoms with Crippen LogP contribution in [-0.4, -0.2) is 34.5 Å². The molecule has 1 amide bonds. The lowest BCUT2D eigenvalue weighted by Crippen LogP contribution is -2.38. The number of amides is 1. The summed E-state index contributed by atoms with van der Waals surface area (Å²) in [4.78, 5) is 25.0. The Hall–Kier alpha value is -1.55. The predicted molar refractivity (Wildman–Crippen MR) is 81.3 cm³/mol. The molecule has 0 radical (unpaired) electrons. The minimum absolute atomic E-state index is 0.0422. The second-order valence-electron chi connectivity index (χ2n) is 5.64. The number of hydrogen-bond donors (Lipinski definition) is 1. The third-order valence-electron chi connectivity index (χ3n) is 3.74. The third kappa shape index (κ3) is 4.74. The molecule has 21 heavy (non-hydrogen) atoms. The second-order valence-corrected chi connectivity index (χ2v) is 6.08. The molecule has 2 rings (SSSR count). The maximum atomic E-state index is 12.3. The molecule has 0 spiro atoms. The zero-order valence-electron chi connectivity index (χ0n) is 12.1. The number of carbonyl (C=O) groups is 2. The number of hydrogen-bond acceptors (Lipinski definition) is 2. The Morgan fingerprint density at radius 1 is 1.33 bits per heavy atom. The molecule has 1 fully saturated rings. The number of carbonyl (C=O) groups excluding carboxylic acids is 1. The largest absolute Gasteiger partial charge is 0.481 e. The zero-order chi connectivity index (χ0) is 15.4. The Morgan fingerprint density at radius 3 is 2.48 bits per heavy atom. The van der Waals surface area contributed by atoms with Crippen LogP contribution in [0.15, 0.2) is 24.3 Å². The van der Waals surface area contributed by atoms with Crippen molar-refractivity contribution in [1.29, 1.82) is 0 Å². The number of carboxylic acids is 1. The van der Waals surface area contributed by atoms with E-state index in [1.165, 1.54) is 0 Å². The molecular weight excluding hydrogens is 290 g/mol. The van der Waals surface area contributed by atoms with E-state index in [2.05, 4.69) is 0 Å². The number of rotatable bonds is 7. The molecule has 0 bridgehead atoms. The van der Waals surface area contributed by atoms with E-state index in [4.69, 9.17) is 16.7 Å². The van der Waals surface area contributed by atoms with Crippen LogP contribution in [0, 0.1) is 5.92 Å². The van der Waals surface area contributed by atoms with Gasteiger partial charge >= 0.3 is 5.97 Å². The van der Waals surface area contributed by atoms with Crippen molar-refractivity contribution in [3.63, 3.8) is 0 Å². The van der Waals surface area contributed by atoms with Gasteiger partial charge in [-0.25, -0.2) is 0 Å². The maximum Gasteiger partial charge on any atom is 0.308 e. The summed E-state index contributed by atoms with van der Waals surface area (Å²) in [7, 11) is 0. The SMILES string of the molecule is CC(CN(C(=O)CCc1ccc(Cl)cc1)C1CC1)C(=O)O. The molecule has 1 aliphatic rings. The first-order chi connectivity index (χ1) is 9.97. The van der Waals surface area contributed by atoms with Gasteiger partial charge in [-0.2, -0.15) is 0 Å². The molecule has 4 nitrogen and oxygen atoms in total. The van der Waals surface area contributed by atoms with Crippen LogP contribution in [0.5, 0.6) is 0 Å². The summed E-state index contributed by atoms with van der Waals surface area (Å²) in [6.45, 7) is 1.95. The Morgan fingerprint density at radius 2 is 1.95 bits per heavy atom. The maximum absolute atomic E-state index is 12.3. The molecule has 1 saturated carbocycles. The normalized spacial score (nSPS) is 15.5. The lowest BCUT2D eigenvalue weighted by atomic mass is 10.1. The van der Waals surface area contributed by atoms with Crippen molar-refractivity contribution in [2.75, 3.05) is 6.54 Å². The minimum atomic E-state index is -0.855. The average Bonchev–Trinajstić information content (AvgIpc) is 3.28. The van der Waals surface area contributed by atoms with Gasteiger partial charge in [-0.3, -0.25) is 9.59 Å². The van der Waals surface area contributed by atoms with E-state index in [1.807, 2.05) is 24.3 Å². The first kappa shape index (κ1) is 15.8. The van der Waals surface area contributed by atoms with Gasteiger partial charge in [0, 0.05) is 24.0 Å². The summed E-state index contributed by atoms with van der Waals surface area (Å²) >= 11 is 5.83. The molecule has 0 saturated heterocycles. The molecule has 0 heterocycles. The van der Waals surface area contributed by atoms with Crippen LogP contribution in [0.1, 0.15) is 31.7 Å². The van der Waals surface area contributed by atoms with E-state index in [-0.39, 0.29) is 11.9 Å². The van der Waals surface area contributed by atoms with Crippen molar-refractivity contribution in [2.45, 2.75) is 38.6 Å². The van der Waals surface area contributed by atoms with Crippen LogP contribution in [0.2, 0.25) is 5.02 Å². The lowest BCUT2D eigenvalue weighted by molar-refractivity contribution is -0.143. The van der Waals surface area contributed by atoms with E-state index in [9.17, 15) is 9.59 Å². The van der Waals surface area contributed by atoms with Crippen LogP contribution in [0.3, 0.4) is 0 Å². The fourth-order valence-corrected chi connectivity index (χ4v) is 2.39. The van der Waals surface area contributed by atoms with E-state index >= 15 is 0 Å². The van der Waals surface area contributed by atoms with Gasteiger partial charge in [-0.05, 0) is 37.0 Å². The van der Waals surface area contributed by atoms with Crippen LogP contribution in [-0.2, 0) is 16.0 Å². The average molecular weight is 310 g/mol. The fourth-order valence-electron chi connectivity index (χ4n) is 2.26. The van der Waals surface area contributed by atoms with Gasteiger partial charge < -0.3 is 10.0 Å². The van der Waals surface area contributed by atoms with E-state index < -0.39 is 11.9 Å². The van der Waals surface area contributed by atoms with Gasteiger partial charge in [0.05, 0.1) is 5.92 Å². The highest BCUT2D eigenvalue weighted by atomic mass is 35.5. The molecular formula is C16H20ClNO3. The van der Waals surface area contributed by atoms with Gasteiger partial charge in [0.25, 0.3) is 0 Å². The fraction of sp³-hybridized carbons (Fsp3) is 0.500. The van der Waals surface area contributed by atoms with Gasteiger partial charge in [0.1, 0.15) is 0 Å². The Labute approximate surface area is 129 Å². The molecule has 1 unspecified atom stereocenters. The molecule has 1 aromatic rings. The summed E-state index contributed by atoms with van der Waals surface area (Å²) in [6, 6.07) is 7.69. The molecule has 5 heteroatoms. The number of nitrogens with zero attached hydrogens (tertiary/aromatic N) is 1. The van der Waals surface area contributed by atoms with Crippen molar-refractivity contribution >= 4 is 23.5 Å². The molecule has 1 atom stereocenters. The molecule has 1 N–H and O–H groups in total. The van der Waals surface area contributed by atoms with Crippen molar-refractivity contribution in [2.24, 2.45) is 5.92 Å². The smallest absolute Gasteiger partial charge is 0.308 e. The van der Waals surface area contributed by atoms with Crippen molar-refractivity contribution in [3.8, 4) is 0 Å². The van der Waals surface area contributed by atoms with Gasteiger partial charge in [0.2, 0.25) is 5.91 Å². The quantitative estimate of drug-likeness (QED) is 0.842. The van der Waals surface area contributed by atoms with E-state index in [1.54, 1.807) is 11.8 Å². The van der Waals surface area contributed by atoms with Crippen LogP contribution in [0.4, 0.5) is 0 Å². The van der Waals surface area contributed by atoms with Crippen LogP contribution < -0.4 is 0 Å². The topological polar surface area (TPSA) is 57.6 Å². The van der Waals surface area contributed by atoms with Gasteiger partial charge in [-0.1, -0.05) is 30.7 Å². The summed E-state index contributed by atoms with van der Waals surface area (Å²) in [5.74, 6) is -1.34. The number of carboxylic acid groups (broad SMARTS) is 1. The Kier molecular flexibility index (Phi) is 5.23. The van der Waals surface area contributed by atoms with E-state index in [0.717, 1.165) is 18.4 Å².